The molecular weight excluding hydrogens is 296 g/mol. The first-order valence-corrected chi connectivity index (χ1v) is 6.34. The Labute approximate surface area is 113 Å². The van der Waals surface area contributed by atoms with Gasteiger partial charge in [-0.3, -0.25) is 0 Å². The molecule has 1 heterocycles. The van der Waals surface area contributed by atoms with Crippen LogP contribution in [0.3, 0.4) is 0 Å². The molecule has 0 fully saturated rings. The number of nitriles is 1. The Morgan fingerprint density at radius 2 is 2.22 bits per heavy atom. The Kier molecular flexibility index (Phi) is 3.71. The largest absolute Gasteiger partial charge is 0.394 e. The van der Waals surface area contributed by atoms with Crippen molar-refractivity contribution in [3.8, 4) is 6.07 Å². The minimum absolute atomic E-state index is 0.271. The lowest BCUT2D eigenvalue weighted by molar-refractivity contribution is 0.0822. The van der Waals surface area contributed by atoms with Gasteiger partial charge in [-0.2, -0.15) is 5.26 Å². The summed E-state index contributed by atoms with van der Waals surface area (Å²) in [5.41, 5.74) is 2.48. The first kappa shape index (κ1) is 13.1. The van der Waals surface area contributed by atoms with E-state index in [0.717, 1.165) is 20.9 Å². The number of aliphatic hydroxyl groups is 2. The summed E-state index contributed by atoms with van der Waals surface area (Å²) in [5.74, 6) is 0. The van der Waals surface area contributed by atoms with Crippen molar-refractivity contribution < 1.29 is 10.2 Å². The Bertz CT molecular complexity index is 628. The minimum atomic E-state index is -0.788. The third-order valence-corrected chi connectivity index (χ3v) is 3.55. The molecule has 1 aromatic carbocycles. The average molecular weight is 309 g/mol. The number of hydrogen-bond donors (Lipinski definition) is 2. The molecule has 1 aromatic heterocycles. The van der Waals surface area contributed by atoms with Crippen LogP contribution in [0.5, 0.6) is 0 Å². The van der Waals surface area contributed by atoms with Gasteiger partial charge in [0.15, 0.2) is 0 Å². The number of aliphatic hydroxyl groups excluding tert-OH is 2. The Morgan fingerprint density at radius 1 is 1.50 bits per heavy atom. The fourth-order valence-corrected chi connectivity index (χ4v) is 2.52. The van der Waals surface area contributed by atoms with E-state index in [2.05, 4.69) is 22.0 Å². The van der Waals surface area contributed by atoms with Crippen LogP contribution in [0.15, 0.2) is 22.8 Å². The molecule has 0 saturated heterocycles. The molecule has 5 heteroatoms. The van der Waals surface area contributed by atoms with Crippen LogP contribution >= 0.6 is 15.9 Å². The lowest BCUT2D eigenvalue weighted by Crippen LogP contribution is -2.19. The first-order chi connectivity index (χ1) is 8.56. The van der Waals surface area contributed by atoms with Crippen LogP contribution in [0.4, 0.5) is 0 Å². The standard InChI is InChI=1S/C13H13BrN2O2/c1-8-2-13-11(3-9(8)4-15)12(14)6-16(13)5-10(18)7-17/h2-3,6,10,17-18H,5,7H2,1H3. The van der Waals surface area contributed by atoms with E-state index in [1.165, 1.54) is 0 Å². The van der Waals surface area contributed by atoms with Gasteiger partial charge >= 0.3 is 0 Å². The van der Waals surface area contributed by atoms with E-state index in [4.69, 9.17) is 10.4 Å². The van der Waals surface area contributed by atoms with Crippen molar-refractivity contribution in [3.05, 3.63) is 33.9 Å². The number of hydrogen-bond acceptors (Lipinski definition) is 3. The highest BCUT2D eigenvalue weighted by Gasteiger charge is 2.12. The molecule has 0 bridgehead atoms. The normalized spacial score (nSPS) is 12.6. The number of benzene rings is 1. The number of nitrogens with zero attached hydrogens (tertiary/aromatic N) is 2. The first-order valence-electron chi connectivity index (χ1n) is 5.54. The van der Waals surface area contributed by atoms with Crippen molar-refractivity contribution >= 4 is 26.8 Å². The van der Waals surface area contributed by atoms with Crippen LogP contribution in [-0.2, 0) is 6.54 Å². The van der Waals surface area contributed by atoms with Crippen LogP contribution in [-0.4, -0.2) is 27.5 Å². The predicted octanol–water partition coefficient (Wildman–Crippen LogP) is 1.94. The van der Waals surface area contributed by atoms with Gasteiger partial charge in [-0.05, 0) is 40.5 Å². The Hall–Kier alpha value is -1.35. The maximum Gasteiger partial charge on any atom is 0.0994 e. The maximum absolute atomic E-state index is 9.51. The fraction of sp³-hybridized carbons (Fsp3) is 0.308. The van der Waals surface area contributed by atoms with Crippen molar-refractivity contribution in [1.29, 1.82) is 5.26 Å². The molecule has 18 heavy (non-hydrogen) atoms. The predicted molar refractivity (Wildman–Crippen MR) is 72.2 cm³/mol. The SMILES string of the molecule is Cc1cc2c(cc1C#N)c(Br)cn2CC(O)CO. The zero-order valence-electron chi connectivity index (χ0n) is 9.89. The van der Waals surface area contributed by atoms with E-state index in [9.17, 15) is 5.11 Å². The molecule has 0 radical (unpaired) electrons. The summed E-state index contributed by atoms with van der Waals surface area (Å²) >= 11 is 3.44. The van der Waals surface area contributed by atoms with Gasteiger partial charge in [-0.25, -0.2) is 0 Å². The van der Waals surface area contributed by atoms with Crippen molar-refractivity contribution in [2.45, 2.75) is 19.6 Å². The summed E-state index contributed by atoms with van der Waals surface area (Å²) in [6.45, 7) is 1.93. The molecule has 2 rings (SSSR count). The molecule has 0 spiro atoms. The monoisotopic (exact) mass is 308 g/mol. The van der Waals surface area contributed by atoms with Gasteiger partial charge in [0.05, 0.1) is 30.9 Å². The molecule has 1 atom stereocenters. The molecule has 0 aliphatic carbocycles. The van der Waals surface area contributed by atoms with Gasteiger partial charge in [0, 0.05) is 21.6 Å². The third-order valence-electron chi connectivity index (χ3n) is 2.92. The zero-order valence-corrected chi connectivity index (χ0v) is 11.5. The van der Waals surface area contributed by atoms with Crippen LogP contribution < -0.4 is 0 Å². The summed E-state index contributed by atoms with van der Waals surface area (Å²) in [6.07, 6.45) is 1.06. The van der Waals surface area contributed by atoms with Crippen LogP contribution in [0.25, 0.3) is 10.9 Å². The van der Waals surface area contributed by atoms with E-state index >= 15 is 0 Å². The van der Waals surface area contributed by atoms with Crippen molar-refractivity contribution in [1.82, 2.24) is 4.57 Å². The van der Waals surface area contributed by atoms with E-state index in [1.807, 2.05) is 29.8 Å². The molecule has 2 aromatic rings. The van der Waals surface area contributed by atoms with E-state index in [-0.39, 0.29) is 6.61 Å². The smallest absolute Gasteiger partial charge is 0.0994 e. The quantitative estimate of drug-likeness (QED) is 0.910. The maximum atomic E-state index is 9.51. The topological polar surface area (TPSA) is 69.2 Å². The molecule has 0 aliphatic rings. The molecule has 0 amide bonds. The molecular formula is C13H13BrN2O2. The highest BCUT2D eigenvalue weighted by Crippen LogP contribution is 2.29. The third kappa shape index (κ3) is 2.27. The van der Waals surface area contributed by atoms with Gasteiger partial charge in [0.25, 0.3) is 0 Å². The van der Waals surface area contributed by atoms with Crippen molar-refractivity contribution in [2.24, 2.45) is 0 Å². The van der Waals surface area contributed by atoms with Crippen LogP contribution in [0, 0.1) is 18.3 Å². The Balaban J connectivity index is 2.57. The highest BCUT2D eigenvalue weighted by molar-refractivity contribution is 9.10. The van der Waals surface area contributed by atoms with E-state index in [0.29, 0.717) is 12.1 Å². The Morgan fingerprint density at radius 3 is 2.83 bits per heavy atom. The number of aryl methyl sites for hydroxylation is 1. The van der Waals surface area contributed by atoms with Gasteiger partial charge < -0.3 is 14.8 Å². The second-order valence-corrected chi connectivity index (χ2v) is 5.12. The van der Waals surface area contributed by atoms with E-state index in [1.54, 1.807) is 0 Å². The minimum Gasteiger partial charge on any atom is -0.394 e. The van der Waals surface area contributed by atoms with Crippen LogP contribution in [0.2, 0.25) is 0 Å². The van der Waals surface area contributed by atoms with E-state index < -0.39 is 6.10 Å². The van der Waals surface area contributed by atoms with Gasteiger partial charge in [-0.1, -0.05) is 0 Å². The molecule has 0 aliphatic heterocycles. The average Bonchev–Trinajstić information content (AvgIpc) is 2.64. The summed E-state index contributed by atoms with van der Waals surface area (Å²) in [6, 6.07) is 5.91. The summed E-state index contributed by atoms with van der Waals surface area (Å²) < 4.78 is 2.74. The fourth-order valence-electron chi connectivity index (χ4n) is 1.95. The number of aromatic nitrogens is 1. The van der Waals surface area contributed by atoms with Gasteiger partial charge in [0.2, 0.25) is 0 Å². The van der Waals surface area contributed by atoms with Crippen LogP contribution in [0.1, 0.15) is 11.1 Å². The number of fused-ring (bicyclic) bond motifs is 1. The van der Waals surface area contributed by atoms with Gasteiger partial charge in [0.1, 0.15) is 0 Å². The summed E-state index contributed by atoms with van der Waals surface area (Å²) in [5, 5.41) is 28.4. The zero-order chi connectivity index (χ0) is 13.3. The molecule has 1 unspecified atom stereocenters. The molecule has 2 N–H and O–H groups in total. The molecule has 94 valence electrons. The van der Waals surface area contributed by atoms with Gasteiger partial charge in [-0.15, -0.1) is 0 Å². The molecule has 4 nitrogen and oxygen atoms in total. The highest BCUT2D eigenvalue weighted by atomic mass is 79.9. The molecule has 0 saturated carbocycles. The summed E-state index contributed by atoms with van der Waals surface area (Å²) in [7, 11) is 0. The summed E-state index contributed by atoms with van der Waals surface area (Å²) in [4.78, 5) is 0. The van der Waals surface area contributed by atoms with Crippen molar-refractivity contribution in [2.75, 3.05) is 6.61 Å². The second-order valence-electron chi connectivity index (χ2n) is 4.26. The van der Waals surface area contributed by atoms with Crippen molar-refractivity contribution in [3.63, 3.8) is 0 Å². The lowest BCUT2D eigenvalue weighted by atomic mass is 10.1. The second kappa shape index (κ2) is 5.11. The number of halogens is 1. The number of rotatable bonds is 3. The lowest BCUT2D eigenvalue weighted by Gasteiger charge is -2.10.